The lowest BCUT2D eigenvalue weighted by atomic mass is 9.90. The highest BCUT2D eigenvalue weighted by Gasteiger charge is 2.28. The normalized spacial score (nSPS) is 23.1. The van der Waals surface area contributed by atoms with E-state index >= 15 is 0 Å². The summed E-state index contributed by atoms with van der Waals surface area (Å²) < 4.78 is 6.01. The smallest absolute Gasteiger partial charge is 0.320 e. The van der Waals surface area contributed by atoms with Gasteiger partial charge < -0.3 is 9.84 Å². The fourth-order valence-corrected chi connectivity index (χ4v) is 4.00. The summed E-state index contributed by atoms with van der Waals surface area (Å²) in [5.41, 5.74) is 1.14. The first-order valence-corrected chi connectivity index (χ1v) is 9.41. The second-order valence-electron chi connectivity index (χ2n) is 7.28. The topological polar surface area (TPSA) is 49.8 Å². The van der Waals surface area contributed by atoms with Crippen molar-refractivity contribution < 1.29 is 14.6 Å². The molecule has 2 fully saturated rings. The number of carboxylic acids is 1. The Morgan fingerprint density at radius 1 is 1.12 bits per heavy atom. The molecule has 0 amide bonds. The van der Waals surface area contributed by atoms with Gasteiger partial charge in [0.15, 0.2) is 0 Å². The average Bonchev–Trinajstić information content (AvgIpc) is 2.61. The minimum Gasteiger partial charge on any atom is -0.493 e. The molecular weight excluding hydrogens is 302 g/mol. The Hall–Kier alpha value is -1.55. The molecule has 0 spiro atoms. The van der Waals surface area contributed by atoms with Crippen LogP contribution < -0.4 is 4.74 Å². The van der Waals surface area contributed by atoms with Crippen LogP contribution in [0, 0.1) is 5.92 Å². The number of hydrogen-bond acceptors (Lipinski definition) is 3. The van der Waals surface area contributed by atoms with Crippen LogP contribution in [0.4, 0.5) is 0 Å². The van der Waals surface area contributed by atoms with Crippen molar-refractivity contribution in [2.24, 2.45) is 5.92 Å². The summed E-state index contributed by atoms with van der Waals surface area (Å²) >= 11 is 0. The number of nitrogens with zero attached hydrogens (tertiary/aromatic N) is 1. The molecule has 4 nitrogen and oxygen atoms in total. The fourth-order valence-electron chi connectivity index (χ4n) is 4.00. The summed E-state index contributed by atoms with van der Waals surface area (Å²) in [7, 11) is 0. The molecule has 3 rings (SSSR count). The van der Waals surface area contributed by atoms with Crippen LogP contribution in [0.2, 0.25) is 0 Å². The first-order chi connectivity index (χ1) is 11.7. The third kappa shape index (κ3) is 4.73. The zero-order valence-electron chi connectivity index (χ0n) is 14.5. The van der Waals surface area contributed by atoms with Crippen LogP contribution in [0.3, 0.4) is 0 Å². The lowest BCUT2D eigenvalue weighted by Gasteiger charge is -2.32. The van der Waals surface area contributed by atoms with Crippen molar-refractivity contribution in [1.82, 2.24) is 4.90 Å². The molecule has 1 heterocycles. The van der Waals surface area contributed by atoms with Crippen LogP contribution in [0.1, 0.15) is 56.9 Å². The van der Waals surface area contributed by atoms with Gasteiger partial charge in [-0.25, -0.2) is 0 Å². The van der Waals surface area contributed by atoms with Gasteiger partial charge in [-0.05, 0) is 55.8 Å². The largest absolute Gasteiger partial charge is 0.493 e. The van der Waals surface area contributed by atoms with Gasteiger partial charge in [0.1, 0.15) is 11.8 Å². The van der Waals surface area contributed by atoms with Gasteiger partial charge in [-0.3, -0.25) is 9.69 Å². The number of benzene rings is 1. The van der Waals surface area contributed by atoms with Crippen molar-refractivity contribution in [2.75, 3.05) is 13.2 Å². The first kappa shape index (κ1) is 17.3. The number of carboxylic acid groups (broad SMARTS) is 1. The van der Waals surface area contributed by atoms with Gasteiger partial charge in [0.25, 0.3) is 0 Å². The van der Waals surface area contributed by atoms with E-state index in [0.29, 0.717) is 12.5 Å². The SMILES string of the molecule is O=C(O)C1CCCCN1Cc1cccc(OCC2CCCCC2)c1. The Kier molecular flexibility index (Phi) is 6.13. The second kappa shape index (κ2) is 8.52. The molecule has 132 valence electrons. The fraction of sp³-hybridized carbons (Fsp3) is 0.650. The highest BCUT2D eigenvalue weighted by molar-refractivity contribution is 5.73. The number of ether oxygens (including phenoxy) is 1. The zero-order valence-corrected chi connectivity index (χ0v) is 14.5. The van der Waals surface area contributed by atoms with Gasteiger partial charge >= 0.3 is 5.97 Å². The standard InChI is InChI=1S/C20H29NO3/c22-20(23)19-11-4-5-12-21(19)14-17-9-6-10-18(13-17)24-15-16-7-2-1-3-8-16/h6,9-10,13,16,19H,1-5,7-8,11-12,14-15H2,(H,22,23). The number of carbonyl (C=O) groups is 1. The zero-order chi connectivity index (χ0) is 16.8. The molecule has 1 N–H and O–H groups in total. The molecule has 0 aromatic heterocycles. The minimum absolute atomic E-state index is 0.342. The molecule has 1 aromatic rings. The molecule has 0 bridgehead atoms. The Labute approximate surface area is 144 Å². The van der Waals surface area contributed by atoms with E-state index in [-0.39, 0.29) is 6.04 Å². The minimum atomic E-state index is -0.695. The molecule has 0 radical (unpaired) electrons. The monoisotopic (exact) mass is 331 g/mol. The van der Waals surface area contributed by atoms with Crippen LogP contribution in [0.5, 0.6) is 5.75 Å². The highest BCUT2D eigenvalue weighted by atomic mass is 16.5. The number of hydrogen-bond donors (Lipinski definition) is 1. The van der Waals surface area contributed by atoms with Gasteiger partial charge in [0.2, 0.25) is 0 Å². The molecular formula is C20H29NO3. The quantitative estimate of drug-likeness (QED) is 0.853. The van der Waals surface area contributed by atoms with E-state index in [2.05, 4.69) is 17.0 Å². The highest BCUT2D eigenvalue weighted by Crippen LogP contribution is 2.26. The maximum absolute atomic E-state index is 11.4. The molecule has 4 heteroatoms. The Morgan fingerprint density at radius 3 is 2.71 bits per heavy atom. The second-order valence-corrected chi connectivity index (χ2v) is 7.28. The summed E-state index contributed by atoms with van der Waals surface area (Å²) in [6.07, 6.45) is 9.46. The molecule has 1 aromatic carbocycles. The third-order valence-electron chi connectivity index (χ3n) is 5.39. The predicted octanol–water partition coefficient (Wildman–Crippen LogP) is 4.08. The molecule has 1 saturated heterocycles. The summed E-state index contributed by atoms with van der Waals surface area (Å²) in [5.74, 6) is 0.919. The molecule has 1 aliphatic carbocycles. The van der Waals surface area contributed by atoms with E-state index in [0.717, 1.165) is 43.7 Å². The molecule has 1 atom stereocenters. The Bertz CT molecular complexity index is 539. The van der Waals surface area contributed by atoms with Gasteiger partial charge in [-0.2, -0.15) is 0 Å². The van der Waals surface area contributed by atoms with Crippen LogP contribution in [-0.4, -0.2) is 35.2 Å². The number of aliphatic carboxylic acids is 1. The Morgan fingerprint density at radius 2 is 1.92 bits per heavy atom. The third-order valence-corrected chi connectivity index (χ3v) is 5.39. The number of piperidine rings is 1. The first-order valence-electron chi connectivity index (χ1n) is 9.41. The maximum Gasteiger partial charge on any atom is 0.320 e. The molecule has 1 aliphatic heterocycles. The van der Waals surface area contributed by atoms with E-state index in [1.165, 1.54) is 32.1 Å². The summed E-state index contributed by atoms with van der Waals surface area (Å²) in [6.45, 7) is 2.37. The van der Waals surface area contributed by atoms with Crippen molar-refractivity contribution in [3.8, 4) is 5.75 Å². The van der Waals surface area contributed by atoms with E-state index in [9.17, 15) is 9.90 Å². The van der Waals surface area contributed by atoms with Crippen LogP contribution in [-0.2, 0) is 11.3 Å². The summed E-state index contributed by atoms with van der Waals surface area (Å²) in [5, 5.41) is 9.40. The number of rotatable bonds is 6. The van der Waals surface area contributed by atoms with E-state index in [1.807, 2.05) is 12.1 Å². The van der Waals surface area contributed by atoms with Crippen molar-refractivity contribution >= 4 is 5.97 Å². The average molecular weight is 331 g/mol. The molecule has 24 heavy (non-hydrogen) atoms. The van der Waals surface area contributed by atoms with Gasteiger partial charge in [0, 0.05) is 6.54 Å². The lowest BCUT2D eigenvalue weighted by Crippen LogP contribution is -2.43. The van der Waals surface area contributed by atoms with Gasteiger partial charge in [-0.15, -0.1) is 0 Å². The van der Waals surface area contributed by atoms with E-state index < -0.39 is 5.97 Å². The molecule has 1 saturated carbocycles. The maximum atomic E-state index is 11.4. The van der Waals surface area contributed by atoms with Crippen molar-refractivity contribution in [3.05, 3.63) is 29.8 Å². The van der Waals surface area contributed by atoms with Crippen molar-refractivity contribution in [1.29, 1.82) is 0 Å². The van der Waals surface area contributed by atoms with Gasteiger partial charge in [0.05, 0.1) is 6.61 Å². The van der Waals surface area contributed by atoms with Gasteiger partial charge in [-0.1, -0.05) is 37.8 Å². The molecule has 2 aliphatic rings. The molecule has 1 unspecified atom stereocenters. The summed E-state index contributed by atoms with van der Waals surface area (Å²) in [6, 6.07) is 7.84. The lowest BCUT2D eigenvalue weighted by molar-refractivity contribution is -0.144. The summed E-state index contributed by atoms with van der Waals surface area (Å²) in [4.78, 5) is 13.5. The van der Waals surface area contributed by atoms with Crippen LogP contribution in [0.25, 0.3) is 0 Å². The predicted molar refractivity (Wildman–Crippen MR) is 94.2 cm³/mol. The van der Waals surface area contributed by atoms with E-state index in [1.54, 1.807) is 0 Å². The number of likely N-dealkylation sites (tertiary alicyclic amines) is 1. The van der Waals surface area contributed by atoms with Crippen molar-refractivity contribution in [3.63, 3.8) is 0 Å². The Balaban J connectivity index is 1.56. The van der Waals surface area contributed by atoms with Crippen LogP contribution >= 0.6 is 0 Å². The van der Waals surface area contributed by atoms with Crippen LogP contribution in [0.15, 0.2) is 24.3 Å². The van der Waals surface area contributed by atoms with Crippen molar-refractivity contribution in [2.45, 2.75) is 64.0 Å². The van der Waals surface area contributed by atoms with E-state index in [4.69, 9.17) is 4.74 Å².